The lowest BCUT2D eigenvalue weighted by molar-refractivity contribution is -0.113. The Bertz CT molecular complexity index is 1220. The number of ketones is 1. The molecule has 160 valence electrons. The minimum atomic E-state index is -0.162. The number of rotatable bonds is 6. The summed E-state index contributed by atoms with van der Waals surface area (Å²) in [6.45, 7) is 4.05. The SMILES string of the molecule is CCOc1ccc(/C=C2\C=C(c3ccc(Cl)cc3)N(c3cccc(C(C)=O)c3)C2=O)cc1. The van der Waals surface area contributed by atoms with Crippen molar-refractivity contribution in [1.82, 2.24) is 0 Å². The predicted molar refractivity (Wildman–Crippen MR) is 129 cm³/mol. The lowest BCUT2D eigenvalue weighted by Gasteiger charge is -2.21. The van der Waals surface area contributed by atoms with Gasteiger partial charge in [-0.1, -0.05) is 48.0 Å². The molecule has 0 saturated carbocycles. The third-order valence-electron chi connectivity index (χ3n) is 5.15. The van der Waals surface area contributed by atoms with Crippen molar-refractivity contribution in [2.75, 3.05) is 11.5 Å². The van der Waals surface area contributed by atoms with Crippen molar-refractivity contribution in [2.24, 2.45) is 0 Å². The number of Topliss-reactive ketones (excluding diaryl/α,β-unsaturated/α-hetero) is 1. The van der Waals surface area contributed by atoms with Gasteiger partial charge in [-0.05, 0) is 73.5 Å². The van der Waals surface area contributed by atoms with Gasteiger partial charge in [0.25, 0.3) is 5.91 Å². The molecule has 0 atom stereocenters. The number of hydrogen-bond donors (Lipinski definition) is 0. The molecule has 3 aromatic carbocycles. The van der Waals surface area contributed by atoms with E-state index in [9.17, 15) is 9.59 Å². The minimum absolute atomic E-state index is 0.0549. The zero-order chi connectivity index (χ0) is 22.7. The molecule has 0 spiro atoms. The fraction of sp³-hybridized carbons (Fsp3) is 0.111. The highest BCUT2D eigenvalue weighted by Gasteiger charge is 2.30. The summed E-state index contributed by atoms with van der Waals surface area (Å²) in [6.07, 6.45) is 3.71. The largest absolute Gasteiger partial charge is 0.494 e. The van der Waals surface area contributed by atoms with E-state index in [1.807, 2.05) is 61.5 Å². The number of carbonyl (C=O) groups is 2. The molecule has 0 aromatic heterocycles. The Morgan fingerprint density at radius 1 is 1.03 bits per heavy atom. The van der Waals surface area contributed by atoms with E-state index < -0.39 is 0 Å². The van der Waals surface area contributed by atoms with Crippen LogP contribution in [0.15, 0.2) is 84.4 Å². The monoisotopic (exact) mass is 443 g/mol. The molecule has 32 heavy (non-hydrogen) atoms. The van der Waals surface area contributed by atoms with Crippen molar-refractivity contribution >= 4 is 40.8 Å². The second-order valence-electron chi connectivity index (χ2n) is 7.39. The molecule has 1 aliphatic heterocycles. The topological polar surface area (TPSA) is 46.6 Å². The first-order valence-corrected chi connectivity index (χ1v) is 10.7. The first kappa shape index (κ1) is 21.6. The van der Waals surface area contributed by atoms with E-state index in [2.05, 4.69) is 0 Å². The second kappa shape index (κ2) is 9.25. The van der Waals surface area contributed by atoms with Crippen LogP contribution in [-0.2, 0) is 4.79 Å². The van der Waals surface area contributed by atoms with E-state index in [1.54, 1.807) is 35.2 Å². The van der Waals surface area contributed by atoms with E-state index in [1.165, 1.54) is 6.92 Å². The summed E-state index contributed by atoms with van der Waals surface area (Å²) < 4.78 is 5.50. The second-order valence-corrected chi connectivity index (χ2v) is 7.82. The number of nitrogens with zero attached hydrogens (tertiary/aromatic N) is 1. The maximum Gasteiger partial charge on any atom is 0.262 e. The summed E-state index contributed by atoms with van der Waals surface area (Å²) >= 11 is 6.07. The van der Waals surface area contributed by atoms with Crippen molar-refractivity contribution in [3.8, 4) is 5.75 Å². The van der Waals surface area contributed by atoms with Gasteiger partial charge in [-0.3, -0.25) is 14.5 Å². The molecule has 0 fully saturated rings. The highest BCUT2D eigenvalue weighted by atomic mass is 35.5. The van der Waals surface area contributed by atoms with E-state index in [-0.39, 0.29) is 11.7 Å². The van der Waals surface area contributed by atoms with Gasteiger partial charge in [0.1, 0.15) is 5.75 Å². The van der Waals surface area contributed by atoms with Gasteiger partial charge in [-0.2, -0.15) is 0 Å². The van der Waals surface area contributed by atoms with Crippen LogP contribution in [0.3, 0.4) is 0 Å². The highest BCUT2D eigenvalue weighted by Crippen LogP contribution is 2.36. The molecule has 4 nitrogen and oxygen atoms in total. The standard InChI is InChI=1S/C27H22ClNO3/c1-3-32-25-13-7-19(8-14-25)15-22-17-26(20-9-11-23(28)12-10-20)29(27(22)31)24-6-4-5-21(16-24)18(2)30/h4-17H,3H2,1-2H3/b22-15+. The normalized spacial score (nSPS) is 14.6. The molecule has 0 aliphatic carbocycles. The summed E-state index contributed by atoms with van der Waals surface area (Å²) in [7, 11) is 0. The average Bonchev–Trinajstić information content (AvgIpc) is 3.11. The zero-order valence-electron chi connectivity index (χ0n) is 17.8. The van der Waals surface area contributed by atoms with Gasteiger partial charge < -0.3 is 4.74 Å². The van der Waals surface area contributed by atoms with Crippen LogP contribution in [0.1, 0.15) is 35.3 Å². The average molecular weight is 444 g/mol. The van der Waals surface area contributed by atoms with Crippen molar-refractivity contribution in [3.05, 3.63) is 106 Å². The number of benzene rings is 3. The van der Waals surface area contributed by atoms with Gasteiger partial charge in [0.05, 0.1) is 12.3 Å². The van der Waals surface area contributed by atoms with Crippen LogP contribution in [0.2, 0.25) is 5.02 Å². The summed E-state index contributed by atoms with van der Waals surface area (Å²) in [5, 5.41) is 0.619. The van der Waals surface area contributed by atoms with E-state index in [0.717, 1.165) is 22.6 Å². The maximum atomic E-state index is 13.5. The van der Waals surface area contributed by atoms with Gasteiger partial charge in [-0.25, -0.2) is 0 Å². The summed E-state index contributed by atoms with van der Waals surface area (Å²) in [5.41, 5.74) is 4.21. The van der Waals surface area contributed by atoms with Crippen molar-refractivity contribution in [1.29, 1.82) is 0 Å². The molecule has 0 N–H and O–H groups in total. The number of hydrogen-bond acceptors (Lipinski definition) is 3. The molecular formula is C27H22ClNO3. The van der Waals surface area contributed by atoms with Gasteiger partial charge in [0.15, 0.2) is 5.78 Å². The minimum Gasteiger partial charge on any atom is -0.494 e. The molecule has 4 rings (SSSR count). The number of amides is 1. The molecule has 0 bridgehead atoms. The molecule has 1 amide bonds. The van der Waals surface area contributed by atoms with Gasteiger partial charge >= 0.3 is 0 Å². The predicted octanol–water partition coefficient (Wildman–Crippen LogP) is 6.41. The zero-order valence-corrected chi connectivity index (χ0v) is 18.6. The van der Waals surface area contributed by atoms with Crippen molar-refractivity contribution < 1.29 is 14.3 Å². The third kappa shape index (κ3) is 4.51. The number of ether oxygens (including phenoxy) is 1. The summed E-state index contributed by atoms with van der Waals surface area (Å²) in [4.78, 5) is 27.0. The lowest BCUT2D eigenvalue weighted by Crippen LogP contribution is -2.25. The van der Waals surface area contributed by atoms with Gasteiger partial charge in [-0.15, -0.1) is 0 Å². The molecule has 3 aromatic rings. The molecule has 0 saturated heterocycles. The maximum absolute atomic E-state index is 13.5. The van der Waals surface area contributed by atoms with Crippen LogP contribution in [0, 0.1) is 0 Å². The summed E-state index contributed by atoms with van der Waals surface area (Å²) in [6, 6.07) is 22.0. The van der Waals surface area contributed by atoms with Crippen LogP contribution in [0.5, 0.6) is 5.75 Å². The van der Waals surface area contributed by atoms with Crippen LogP contribution in [-0.4, -0.2) is 18.3 Å². The highest BCUT2D eigenvalue weighted by molar-refractivity contribution is 6.30. The smallest absolute Gasteiger partial charge is 0.262 e. The molecule has 5 heteroatoms. The van der Waals surface area contributed by atoms with E-state index in [0.29, 0.717) is 28.5 Å². The van der Waals surface area contributed by atoms with Gasteiger partial charge in [0.2, 0.25) is 0 Å². The van der Waals surface area contributed by atoms with E-state index >= 15 is 0 Å². The Kier molecular flexibility index (Phi) is 6.24. The lowest BCUT2D eigenvalue weighted by atomic mass is 10.1. The number of halogens is 1. The number of anilines is 1. The first-order valence-electron chi connectivity index (χ1n) is 10.3. The number of carbonyl (C=O) groups excluding carboxylic acids is 2. The molecule has 0 unspecified atom stereocenters. The van der Waals surface area contributed by atoms with Crippen LogP contribution >= 0.6 is 11.6 Å². The fourth-order valence-corrected chi connectivity index (χ4v) is 3.70. The Morgan fingerprint density at radius 2 is 1.75 bits per heavy atom. The van der Waals surface area contributed by atoms with Gasteiger partial charge in [0, 0.05) is 21.8 Å². The quantitative estimate of drug-likeness (QED) is 0.326. The van der Waals surface area contributed by atoms with E-state index in [4.69, 9.17) is 16.3 Å². The molecule has 1 heterocycles. The first-order chi connectivity index (χ1) is 15.5. The van der Waals surface area contributed by atoms with Crippen LogP contribution in [0.25, 0.3) is 11.8 Å². The fourth-order valence-electron chi connectivity index (χ4n) is 3.58. The Balaban J connectivity index is 1.78. The van der Waals surface area contributed by atoms with Crippen LogP contribution < -0.4 is 9.64 Å². The van der Waals surface area contributed by atoms with Crippen molar-refractivity contribution in [2.45, 2.75) is 13.8 Å². The Morgan fingerprint density at radius 3 is 2.41 bits per heavy atom. The Labute approximate surface area is 192 Å². The molecule has 1 aliphatic rings. The third-order valence-corrected chi connectivity index (χ3v) is 5.40. The van der Waals surface area contributed by atoms with Crippen LogP contribution in [0.4, 0.5) is 5.69 Å². The molecular weight excluding hydrogens is 422 g/mol. The molecule has 0 radical (unpaired) electrons. The summed E-state index contributed by atoms with van der Waals surface area (Å²) in [5.74, 6) is 0.567. The van der Waals surface area contributed by atoms with Crippen molar-refractivity contribution in [3.63, 3.8) is 0 Å². The Hall–Kier alpha value is -3.63.